The van der Waals surface area contributed by atoms with E-state index in [4.69, 9.17) is 0 Å². The van der Waals surface area contributed by atoms with Gasteiger partial charge in [-0.15, -0.1) is 11.8 Å². The van der Waals surface area contributed by atoms with Crippen molar-refractivity contribution >= 4 is 23.4 Å². The fraction of sp³-hybridized carbons (Fsp3) is 0.385. The van der Waals surface area contributed by atoms with Gasteiger partial charge in [-0.1, -0.05) is 0 Å². The third-order valence-electron chi connectivity index (χ3n) is 3.29. The molecule has 20 heavy (non-hydrogen) atoms. The summed E-state index contributed by atoms with van der Waals surface area (Å²) in [6.45, 7) is 3.68. The third kappa shape index (κ3) is 2.82. The lowest BCUT2D eigenvalue weighted by atomic mass is 10.3. The van der Waals surface area contributed by atoms with Gasteiger partial charge >= 0.3 is 0 Å². The second-order valence-corrected chi connectivity index (χ2v) is 5.28. The number of anilines is 2. The minimum absolute atomic E-state index is 0.920. The molecule has 0 aromatic carbocycles. The quantitative estimate of drug-likeness (QED) is 0.789. The number of aromatic nitrogens is 4. The van der Waals surface area contributed by atoms with Gasteiger partial charge in [0.25, 0.3) is 0 Å². The third-order valence-corrected chi connectivity index (χ3v) is 3.90. The van der Waals surface area contributed by atoms with Crippen molar-refractivity contribution in [2.24, 2.45) is 0 Å². The van der Waals surface area contributed by atoms with Crippen LogP contribution in [0.5, 0.6) is 0 Å². The van der Waals surface area contributed by atoms with Gasteiger partial charge in [0.15, 0.2) is 0 Å². The molecule has 0 bridgehead atoms. The lowest BCUT2D eigenvalue weighted by Gasteiger charge is -2.35. The zero-order valence-corrected chi connectivity index (χ0v) is 12.1. The van der Waals surface area contributed by atoms with Gasteiger partial charge < -0.3 is 9.80 Å². The molecular weight excluding hydrogens is 272 g/mol. The molecule has 0 unspecified atom stereocenters. The standard InChI is InChI=1S/C13H16N6S/c1-20-13-10-15-9-12(17-13)19-6-4-18(5-7-19)11-8-14-2-3-16-11/h2-3,8-10H,4-7H2,1H3. The van der Waals surface area contributed by atoms with Crippen LogP contribution in [0.4, 0.5) is 11.6 Å². The van der Waals surface area contributed by atoms with E-state index in [1.807, 2.05) is 18.6 Å². The highest BCUT2D eigenvalue weighted by Crippen LogP contribution is 2.18. The van der Waals surface area contributed by atoms with Crippen LogP contribution < -0.4 is 9.80 Å². The van der Waals surface area contributed by atoms with Crippen LogP contribution in [0.25, 0.3) is 0 Å². The molecule has 1 aliphatic rings. The van der Waals surface area contributed by atoms with Crippen LogP contribution in [-0.4, -0.2) is 52.4 Å². The summed E-state index contributed by atoms with van der Waals surface area (Å²) in [6.07, 6.45) is 10.9. The molecule has 0 radical (unpaired) electrons. The van der Waals surface area contributed by atoms with Crippen molar-refractivity contribution in [3.8, 4) is 0 Å². The monoisotopic (exact) mass is 288 g/mol. The zero-order valence-electron chi connectivity index (χ0n) is 11.3. The predicted molar refractivity (Wildman–Crippen MR) is 80.3 cm³/mol. The second kappa shape index (κ2) is 6.04. The van der Waals surface area contributed by atoms with Crippen LogP contribution >= 0.6 is 11.8 Å². The molecule has 1 fully saturated rings. The van der Waals surface area contributed by atoms with Gasteiger partial charge in [-0.3, -0.25) is 9.97 Å². The summed E-state index contributed by atoms with van der Waals surface area (Å²) in [5.41, 5.74) is 0. The summed E-state index contributed by atoms with van der Waals surface area (Å²) in [5, 5.41) is 0.957. The van der Waals surface area contributed by atoms with Crippen molar-refractivity contribution < 1.29 is 0 Å². The molecule has 0 saturated carbocycles. The Morgan fingerprint density at radius 2 is 1.60 bits per heavy atom. The number of hydrogen-bond acceptors (Lipinski definition) is 7. The number of thioether (sulfide) groups is 1. The molecule has 0 aliphatic carbocycles. The molecule has 6 nitrogen and oxygen atoms in total. The Morgan fingerprint density at radius 3 is 2.25 bits per heavy atom. The minimum atomic E-state index is 0.920. The Balaban J connectivity index is 1.66. The molecule has 0 atom stereocenters. The highest BCUT2D eigenvalue weighted by molar-refractivity contribution is 7.98. The molecule has 3 rings (SSSR count). The van der Waals surface area contributed by atoms with E-state index < -0.39 is 0 Å². The fourth-order valence-corrected chi connectivity index (χ4v) is 2.56. The molecule has 1 saturated heterocycles. The Morgan fingerprint density at radius 1 is 0.900 bits per heavy atom. The molecule has 104 valence electrons. The fourth-order valence-electron chi connectivity index (χ4n) is 2.21. The van der Waals surface area contributed by atoms with Gasteiger partial charge in [0, 0.05) is 38.6 Å². The van der Waals surface area contributed by atoms with Crippen molar-refractivity contribution in [3.05, 3.63) is 31.0 Å². The minimum Gasteiger partial charge on any atom is -0.352 e. The predicted octanol–water partition coefficient (Wildman–Crippen LogP) is 1.32. The van der Waals surface area contributed by atoms with Gasteiger partial charge in [0.05, 0.1) is 18.6 Å². The first-order chi connectivity index (χ1) is 9.86. The highest BCUT2D eigenvalue weighted by Gasteiger charge is 2.19. The van der Waals surface area contributed by atoms with Gasteiger partial charge in [0.2, 0.25) is 0 Å². The molecule has 0 spiro atoms. The lowest BCUT2D eigenvalue weighted by molar-refractivity contribution is 0.637. The highest BCUT2D eigenvalue weighted by atomic mass is 32.2. The molecular formula is C13H16N6S. The second-order valence-electron chi connectivity index (χ2n) is 4.46. The summed E-state index contributed by atoms with van der Waals surface area (Å²) in [7, 11) is 0. The average Bonchev–Trinajstić information content (AvgIpc) is 2.56. The largest absolute Gasteiger partial charge is 0.352 e. The van der Waals surface area contributed by atoms with Crippen molar-refractivity contribution in [2.45, 2.75) is 5.03 Å². The summed E-state index contributed by atoms with van der Waals surface area (Å²) in [5.74, 6) is 1.90. The molecule has 2 aromatic rings. The topological polar surface area (TPSA) is 58.0 Å². The van der Waals surface area contributed by atoms with Crippen molar-refractivity contribution in [1.29, 1.82) is 0 Å². The van der Waals surface area contributed by atoms with E-state index in [1.54, 1.807) is 30.4 Å². The van der Waals surface area contributed by atoms with Crippen molar-refractivity contribution in [1.82, 2.24) is 19.9 Å². The van der Waals surface area contributed by atoms with Crippen molar-refractivity contribution in [2.75, 3.05) is 42.2 Å². The van der Waals surface area contributed by atoms with E-state index in [0.717, 1.165) is 42.8 Å². The normalized spacial score (nSPS) is 15.4. The number of nitrogens with zero attached hydrogens (tertiary/aromatic N) is 6. The van der Waals surface area contributed by atoms with E-state index >= 15 is 0 Å². The summed E-state index contributed by atoms with van der Waals surface area (Å²) >= 11 is 1.62. The Bertz CT molecular complexity index is 556. The molecule has 3 heterocycles. The van der Waals surface area contributed by atoms with Crippen LogP contribution in [0.15, 0.2) is 36.0 Å². The Kier molecular flexibility index (Phi) is 3.96. The Labute approximate surface area is 122 Å². The van der Waals surface area contributed by atoms with Gasteiger partial charge in [-0.2, -0.15) is 0 Å². The molecule has 1 aliphatic heterocycles. The van der Waals surface area contributed by atoms with E-state index in [0.29, 0.717) is 0 Å². The van der Waals surface area contributed by atoms with Gasteiger partial charge in [-0.05, 0) is 6.26 Å². The molecule has 2 aromatic heterocycles. The van der Waals surface area contributed by atoms with Crippen LogP contribution in [-0.2, 0) is 0 Å². The average molecular weight is 288 g/mol. The zero-order chi connectivity index (χ0) is 13.8. The van der Waals surface area contributed by atoms with Crippen LogP contribution in [0.3, 0.4) is 0 Å². The molecule has 0 N–H and O–H groups in total. The summed E-state index contributed by atoms with van der Waals surface area (Å²) in [4.78, 5) is 21.8. The van der Waals surface area contributed by atoms with E-state index in [2.05, 4.69) is 29.7 Å². The smallest absolute Gasteiger partial charge is 0.148 e. The van der Waals surface area contributed by atoms with E-state index in [9.17, 15) is 0 Å². The number of piperazine rings is 1. The number of hydrogen-bond donors (Lipinski definition) is 0. The van der Waals surface area contributed by atoms with E-state index in [1.165, 1.54) is 0 Å². The van der Waals surface area contributed by atoms with Crippen LogP contribution in [0.2, 0.25) is 0 Å². The van der Waals surface area contributed by atoms with Gasteiger partial charge in [-0.25, -0.2) is 9.97 Å². The Hall–Kier alpha value is -1.89. The van der Waals surface area contributed by atoms with Crippen LogP contribution in [0, 0.1) is 0 Å². The van der Waals surface area contributed by atoms with Gasteiger partial charge in [0.1, 0.15) is 16.7 Å². The first kappa shape index (κ1) is 13.1. The first-order valence-corrected chi connectivity index (χ1v) is 7.71. The van der Waals surface area contributed by atoms with Crippen LogP contribution in [0.1, 0.15) is 0 Å². The summed E-state index contributed by atoms with van der Waals surface area (Å²) in [6, 6.07) is 0. The number of rotatable bonds is 3. The first-order valence-electron chi connectivity index (χ1n) is 6.49. The molecule has 7 heteroatoms. The van der Waals surface area contributed by atoms with Crippen molar-refractivity contribution in [3.63, 3.8) is 0 Å². The lowest BCUT2D eigenvalue weighted by Crippen LogP contribution is -2.47. The maximum atomic E-state index is 4.59. The summed E-state index contributed by atoms with van der Waals surface area (Å²) < 4.78 is 0. The molecule has 0 amide bonds. The maximum absolute atomic E-state index is 4.59. The maximum Gasteiger partial charge on any atom is 0.148 e. The SMILES string of the molecule is CSc1cncc(N2CCN(c3cnccn3)CC2)n1. The van der Waals surface area contributed by atoms with E-state index in [-0.39, 0.29) is 0 Å².